The fourth-order valence-corrected chi connectivity index (χ4v) is 2.88. The number of amides is 2. The Morgan fingerprint density at radius 3 is 2.71 bits per heavy atom. The van der Waals surface area contributed by atoms with Crippen molar-refractivity contribution in [3.63, 3.8) is 0 Å². The Morgan fingerprint density at radius 1 is 1.12 bits per heavy atom. The van der Waals surface area contributed by atoms with Crippen LogP contribution in [0.3, 0.4) is 0 Å². The second kappa shape index (κ2) is 5.73. The smallest absolute Gasteiger partial charge is 0.322 e. The molecule has 1 aromatic heterocycles. The lowest BCUT2D eigenvalue weighted by Crippen LogP contribution is -2.38. The molecule has 0 saturated carbocycles. The van der Waals surface area contributed by atoms with Crippen LogP contribution in [0.5, 0.6) is 5.88 Å². The molecule has 6 heteroatoms. The highest BCUT2D eigenvalue weighted by atomic mass is 16.3. The zero-order valence-corrected chi connectivity index (χ0v) is 12.9. The van der Waals surface area contributed by atoms with E-state index in [4.69, 9.17) is 0 Å². The summed E-state index contributed by atoms with van der Waals surface area (Å²) in [6.45, 7) is 1.09. The first-order valence-corrected chi connectivity index (χ1v) is 7.66. The maximum Gasteiger partial charge on any atom is 0.322 e. The number of rotatable bonds is 3. The van der Waals surface area contributed by atoms with Crippen LogP contribution in [0.4, 0.5) is 10.5 Å². The molecule has 0 spiro atoms. The molecular weight excluding hydrogens is 304 g/mol. The molecule has 0 aliphatic carbocycles. The van der Waals surface area contributed by atoms with E-state index in [0.29, 0.717) is 13.1 Å². The molecule has 0 saturated heterocycles. The highest BCUT2D eigenvalue weighted by Crippen LogP contribution is 2.29. The quantitative estimate of drug-likeness (QED) is 0.692. The Hall–Kier alpha value is -3.28. The molecule has 2 aromatic carbocycles. The average Bonchev–Trinajstić information content (AvgIpc) is 3.03. The van der Waals surface area contributed by atoms with Crippen LogP contribution < -0.4 is 5.32 Å². The number of hydrogen-bond donors (Lipinski definition) is 3. The number of urea groups is 1. The van der Waals surface area contributed by atoms with Crippen LogP contribution in [0, 0.1) is 0 Å². The van der Waals surface area contributed by atoms with E-state index in [1.54, 1.807) is 11.0 Å². The molecular formula is C18H16N4O2. The van der Waals surface area contributed by atoms with Gasteiger partial charge in [-0.05, 0) is 23.3 Å². The Kier molecular flexibility index (Phi) is 3.42. The summed E-state index contributed by atoms with van der Waals surface area (Å²) < 4.78 is 0. The van der Waals surface area contributed by atoms with Crippen LogP contribution in [-0.4, -0.2) is 26.2 Å². The van der Waals surface area contributed by atoms with E-state index in [1.807, 2.05) is 48.5 Å². The first-order valence-electron chi connectivity index (χ1n) is 7.66. The Bertz CT molecular complexity index is 889. The predicted octanol–water partition coefficient (Wildman–Crippen LogP) is 3.33. The highest BCUT2D eigenvalue weighted by molar-refractivity contribution is 5.92. The number of aromatic nitrogens is 2. The van der Waals surface area contributed by atoms with E-state index in [-0.39, 0.29) is 11.9 Å². The van der Waals surface area contributed by atoms with Crippen molar-refractivity contribution >= 4 is 11.7 Å². The van der Waals surface area contributed by atoms with Gasteiger partial charge in [-0.1, -0.05) is 36.4 Å². The summed E-state index contributed by atoms with van der Waals surface area (Å²) in [5.74, 6) is -0.0401. The van der Waals surface area contributed by atoms with Crippen LogP contribution in [0.2, 0.25) is 0 Å². The molecule has 3 N–H and O–H groups in total. The summed E-state index contributed by atoms with van der Waals surface area (Å²) in [6.07, 6.45) is 0. The number of aromatic hydroxyl groups is 1. The van der Waals surface area contributed by atoms with Gasteiger partial charge in [0.05, 0.1) is 5.69 Å². The lowest BCUT2D eigenvalue weighted by Gasteiger charge is -2.29. The van der Waals surface area contributed by atoms with Crippen molar-refractivity contribution in [3.8, 4) is 17.1 Å². The number of benzene rings is 2. The summed E-state index contributed by atoms with van der Waals surface area (Å²) >= 11 is 0. The first-order chi connectivity index (χ1) is 11.7. The van der Waals surface area contributed by atoms with Crippen molar-refractivity contribution in [2.24, 2.45) is 0 Å². The molecule has 0 radical (unpaired) electrons. The standard InChI is InChI=1S/C18H16N4O2/c23-17-9-16(20-21-17)13-6-7-15-14(8-13)11-22(18(24)19-15)10-12-4-2-1-3-5-12/h1-9H,10-11H2,(H,19,24)(H2,20,21,23). The van der Waals surface area contributed by atoms with Crippen molar-refractivity contribution < 1.29 is 9.90 Å². The largest absolute Gasteiger partial charge is 0.492 e. The van der Waals surface area contributed by atoms with Gasteiger partial charge < -0.3 is 15.3 Å². The monoisotopic (exact) mass is 320 g/mol. The van der Waals surface area contributed by atoms with E-state index in [2.05, 4.69) is 15.5 Å². The van der Waals surface area contributed by atoms with Gasteiger partial charge in [-0.15, -0.1) is 5.10 Å². The summed E-state index contributed by atoms with van der Waals surface area (Å²) in [7, 11) is 0. The van der Waals surface area contributed by atoms with Crippen molar-refractivity contribution in [2.45, 2.75) is 13.1 Å². The van der Waals surface area contributed by atoms with Gasteiger partial charge in [0, 0.05) is 30.4 Å². The lowest BCUT2D eigenvalue weighted by atomic mass is 10.0. The Labute approximate surface area is 138 Å². The third kappa shape index (κ3) is 2.69. The van der Waals surface area contributed by atoms with E-state index >= 15 is 0 Å². The lowest BCUT2D eigenvalue weighted by molar-refractivity contribution is 0.204. The number of nitrogens with one attached hydrogen (secondary N) is 2. The van der Waals surface area contributed by atoms with Gasteiger partial charge >= 0.3 is 6.03 Å². The molecule has 1 aliphatic rings. The minimum Gasteiger partial charge on any atom is -0.492 e. The van der Waals surface area contributed by atoms with Crippen LogP contribution in [0.25, 0.3) is 11.3 Å². The molecule has 0 fully saturated rings. The van der Waals surface area contributed by atoms with E-state index in [9.17, 15) is 9.90 Å². The molecule has 2 amide bonds. The van der Waals surface area contributed by atoms with Crippen molar-refractivity contribution in [2.75, 3.05) is 5.32 Å². The number of H-pyrrole nitrogens is 1. The number of carbonyl (C=O) groups is 1. The van der Waals surface area contributed by atoms with Crippen LogP contribution in [0.1, 0.15) is 11.1 Å². The fraction of sp³-hybridized carbons (Fsp3) is 0.111. The number of hydrogen-bond acceptors (Lipinski definition) is 3. The normalized spacial score (nSPS) is 13.5. The molecule has 0 unspecified atom stereocenters. The van der Waals surface area contributed by atoms with Crippen molar-refractivity contribution in [1.29, 1.82) is 0 Å². The average molecular weight is 320 g/mol. The number of fused-ring (bicyclic) bond motifs is 1. The molecule has 120 valence electrons. The van der Waals surface area contributed by atoms with E-state index in [1.165, 1.54) is 0 Å². The van der Waals surface area contributed by atoms with Gasteiger partial charge in [0.15, 0.2) is 0 Å². The van der Waals surface area contributed by atoms with Gasteiger partial charge in [0.2, 0.25) is 5.88 Å². The Balaban J connectivity index is 1.61. The number of anilines is 1. The molecule has 24 heavy (non-hydrogen) atoms. The molecule has 3 aromatic rings. The highest BCUT2D eigenvalue weighted by Gasteiger charge is 2.23. The summed E-state index contributed by atoms with van der Waals surface area (Å²) in [5, 5.41) is 18.8. The van der Waals surface area contributed by atoms with Crippen LogP contribution >= 0.6 is 0 Å². The minimum absolute atomic E-state index is 0.0401. The summed E-state index contributed by atoms with van der Waals surface area (Å²) in [6, 6.07) is 17.1. The molecule has 1 aliphatic heterocycles. The molecule has 2 heterocycles. The molecule has 0 bridgehead atoms. The summed E-state index contributed by atoms with van der Waals surface area (Å²) in [5.41, 5.74) is 4.58. The SMILES string of the molecule is O=C1Nc2ccc(-c3cc(O)n[nH]3)cc2CN1Cc1ccccc1. The van der Waals surface area contributed by atoms with Crippen LogP contribution in [0.15, 0.2) is 54.6 Å². The summed E-state index contributed by atoms with van der Waals surface area (Å²) in [4.78, 5) is 14.1. The number of aromatic amines is 1. The van der Waals surface area contributed by atoms with Gasteiger partial charge in [-0.2, -0.15) is 0 Å². The van der Waals surface area contributed by atoms with E-state index < -0.39 is 0 Å². The topological polar surface area (TPSA) is 81.2 Å². The third-order valence-corrected chi connectivity index (χ3v) is 4.09. The molecule has 4 rings (SSSR count). The Morgan fingerprint density at radius 2 is 1.96 bits per heavy atom. The zero-order chi connectivity index (χ0) is 16.5. The van der Waals surface area contributed by atoms with Crippen LogP contribution in [-0.2, 0) is 13.1 Å². The van der Waals surface area contributed by atoms with Gasteiger partial charge in [0.25, 0.3) is 0 Å². The van der Waals surface area contributed by atoms with Crippen molar-refractivity contribution in [3.05, 3.63) is 65.7 Å². The first kappa shape index (κ1) is 14.3. The van der Waals surface area contributed by atoms with Crippen molar-refractivity contribution in [1.82, 2.24) is 15.1 Å². The third-order valence-electron chi connectivity index (χ3n) is 4.09. The number of carbonyl (C=O) groups excluding carboxylic acids is 1. The van der Waals surface area contributed by atoms with Gasteiger partial charge in [0.1, 0.15) is 0 Å². The second-order valence-electron chi connectivity index (χ2n) is 5.78. The number of nitrogens with zero attached hydrogens (tertiary/aromatic N) is 2. The fourth-order valence-electron chi connectivity index (χ4n) is 2.88. The maximum absolute atomic E-state index is 12.3. The molecule has 6 nitrogen and oxygen atoms in total. The predicted molar refractivity (Wildman–Crippen MR) is 90.4 cm³/mol. The minimum atomic E-state index is -0.0988. The van der Waals surface area contributed by atoms with E-state index in [0.717, 1.165) is 28.1 Å². The van der Waals surface area contributed by atoms with Gasteiger partial charge in [-0.3, -0.25) is 5.10 Å². The zero-order valence-electron chi connectivity index (χ0n) is 12.9. The molecule has 0 atom stereocenters. The second-order valence-corrected chi connectivity index (χ2v) is 5.78. The van der Waals surface area contributed by atoms with Gasteiger partial charge in [-0.25, -0.2) is 4.79 Å². The maximum atomic E-state index is 12.3.